The van der Waals surface area contributed by atoms with E-state index in [0.29, 0.717) is 0 Å². The van der Waals surface area contributed by atoms with Crippen LogP contribution in [0.2, 0.25) is 5.02 Å². The average molecular weight is 239 g/mol. The summed E-state index contributed by atoms with van der Waals surface area (Å²) in [4.78, 5) is 2.28. The number of nitrogens with one attached hydrogen (secondary N) is 1. The van der Waals surface area contributed by atoms with Crippen LogP contribution in [-0.2, 0) is 0 Å². The Hall–Kier alpha value is -0.730. The molecule has 1 aromatic carbocycles. The number of anilines is 1. The molecule has 1 aliphatic rings. The number of halogens is 1. The molecule has 0 aromatic heterocycles. The van der Waals surface area contributed by atoms with E-state index in [0.717, 1.165) is 17.5 Å². The standard InChI is InChI=1S/C13H19ClN2/c1-16(8-6-11-5-7-15-10-11)13-4-2-3-12(14)9-13/h2-4,9,11,15H,5-8,10H2,1H3. The van der Waals surface area contributed by atoms with Gasteiger partial charge in [-0.15, -0.1) is 0 Å². The topological polar surface area (TPSA) is 15.3 Å². The van der Waals surface area contributed by atoms with E-state index in [1.165, 1.54) is 31.6 Å². The maximum absolute atomic E-state index is 5.98. The Labute approximate surface area is 103 Å². The second-order valence-electron chi connectivity index (χ2n) is 4.55. The molecule has 0 aliphatic carbocycles. The number of benzene rings is 1. The van der Waals surface area contributed by atoms with E-state index in [4.69, 9.17) is 11.6 Å². The molecule has 1 aliphatic heterocycles. The van der Waals surface area contributed by atoms with Gasteiger partial charge in [0.2, 0.25) is 0 Å². The molecule has 1 unspecified atom stereocenters. The third kappa shape index (κ3) is 3.13. The third-order valence-corrected chi connectivity index (χ3v) is 3.52. The molecule has 1 fully saturated rings. The summed E-state index contributed by atoms with van der Waals surface area (Å²) in [5, 5.41) is 4.22. The maximum atomic E-state index is 5.98. The first-order valence-electron chi connectivity index (χ1n) is 5.93. The average Bonchev–Trinajstić information content (AvgIpc) is 2.78. The monoisotopic (exact) mass is 238 g/mol. The molecule has 0 saturated carbocycles. The van der Waals surface area contributed by atoms with E-state index in [1.807, 2.05) is 18.2 Å². The molecule has 16 heavy (non-hydrogen) atoms. The van der Waals surface area contributed by atoms with Crippen LogP contribution in [-0.4, -0.2) is 26.7 Å². The highest BCUT2D eigenvalue weighted by Gasteiger charge is 2.14. The van der Waals surface area contributed by atoms with Crippen molar-refractivity contribution >= 4 is 17.3 Å². The lowest BCUT2D eigenvalue weighted by Gasteiger charge is -2.21. The lowest BCUT2D eigenvalue weighted by molar-refractivity contribution is 0.533. The fraction of sp³-hybridized carbons (Fsp3) is 0.538. The molecule has 1 saturated heterocycles. The minimum absolute atomic E-state index is 0.812. The van der Waals surface area contributed by atoms with Crippen LogP contribution in [0, 0.1) is 5.92 Å². The molecule has 0 bridgehead atoms. The first kappa shape index (κ1) is 11.7. The van der Waals surface area contributed by atoms with Crippen molar-refractivity contribution in [1.82, 2.24) is 5.32 Å². The summed E-state index contributed by atoms with van der Waals surface area (Å²) in [5.74, 6) is 0.849. The lowest BCUT2D eigenvalue weighted by atomic mass is 10.0. The van der Waals surface area contributed by atoms with Gasteiger partial charge in [0.1, 0.15) is 0 Å². The van der Waals surface area contributed by atoms with Crippen LogP contribution < -0.4 is 10.2 Å². The van der Waals surface area contributed by atoms with E-state index in [9.17, 15) is 0 Å². The summed E-state index contributed by atoms with van der Waals surface area (Å²) in [6, 6.07) is 8.05. The summed E-state index contributed by atoms with van der Waals surface area (Å²) in [6.07, 6.45) is 2.58. The van der Waals surface area contributed by atoms with Crippen molar-refractivity contribution in [3.05, 3.63) is 29.3 Å². The Bertz CT molecular complexity index is 334. The highest BCUT2D eigenvalue weighted by Crippen LogP contribution is 2.20. The SMILES string of the molecule is CN(CCC1CCNC1)c1cccc(Cl)c1. The predicted molar refractivity (Wildman–Crippen MR) is 70.3 cm³/mol. The van der Waals surface area contributed by atoms with Gasteiger partial charge in [0.25, 0.3) is 0 Å². The zero-order chi connectivity index (χ0) is 11.4. The van der Waals surface area contributed by atoms with Gasteiger partial charge in [-0.25, -0.2) is 0 Å². The van der Waals surface area contributed by atoms with Crippen molar-refractivity contribution in [2.75, 3.05) is 31.6 Å². The van der Waals surface area contributed by atoms with Crippen LogP contribution >= 0.6 is 11.6 Å². The van der Waals surface area contributed by atoms with E-state index in [1.54, 1.807) is 0 Å². The largest absolute Gasteiger partial charge is 0.375 e. The van der Waals surface area contributed by atoms with Crippen molar-refractivity contribution < 1.29 is 0 Å². The Kier molecular flexibility index (Phi) is 4.08. The van der Waals surface area contributed by atoms with Crippen molar-refractivity contribution in [1.29, 1.82) is 0 Å². The number of rotatable bonds is 4. The second-order valence-corrected chi connectivity index (χ2v) is 4.99. The van der Waals surface area contributed by atoms with Gasteiger partial charge in [-0.3, -0.25) is 0 Å². The third-order valence-electron chi connectivity index (χ3n) is 3.28. The highest BCUT2D eigenvalue weighted by molar-refractivity contribution is 6.30. The molecule has 1 N–H and O–H groups in total. The van der Waals surface area contributed by atoms with Gasteiger partial charge in [-0.2, -0.15) is 0 Å². The van der Waals surface area contributed by atoms with Gasteiger partial charge in [0.15, 0.2) is 0 Å². The first-order chi connectivity index (χ1) is 7.75. The molecule has 0 radical (unpaired) electrons. The van der Waals surface area contributed by atoms with Crippen molar-refractivity contribution in [2.24, 2.45) is 5.92 Å². The number of hydrogen-bond donors (Lipinski definition) is 1. The molecule has 3 heteroatoms. The Balaban J connectivity index is 1.85. The Morgan fingerprint density at radius 2 is 2.38 bits per heavy atom. The van der Waals surface area contributed by atoms with Crippen LogP contribution in [0.4, 0.5) is 5.69 Å². The van der Waals surface area contributed by atoms with Crippen LogP contribution in [0.5, 0.6) is 0 Å². The minimum atomic E-state index is 0.812. The van der Waals surface area contributed by atoms with Crippen LogP contribution in [0.25, 0.3) is 0 Å². The summed E-state index contributed by atoms with van der Waals surface area (Å²) in [5.41, 5.74) is 1.21. The van der Waals surface area contributed by atoms with E-state index < -0.39 is 0 Å². The molecule has 1 aromatic rings. The lowest BCUT2D eigenvalue weighted by Crippen LogP contribution is -2.21. The predicted octanol–water partition coefficient (Wildman–Crippen LogP) is 2.78. The van der Waals surface area contributed by atoms with Crippen molar-refractivity contribution in [3.8, 4) is 0 Å². The molecule has 0 spiro atoms. The van der Waals surface area contributed by atoms with Crippen molar-refractivity contribution in [3.63, 3.8) is 0 Å². The molecular weight excluding hydrogens is 220 g/mol. The normalized spacial score (nSPS) is 20.0. The van der Waals surface area contributed by atoms with Gasteiger partial charge >= 0.3 is 0 Å². The quantitative estimate of drug-likeness (QED) is 0.868. The zero-order valence-electron chi connectivity index (χ0n) is 9.75. The van der Waals surface area contributed by atoms with Crippen LogP contribution in [0.15, 0.2) is 24.3 Å². The van der Waals surface area contributed by atoms with Gasteiger partial charge in [-0.1, -0.05) is 17.7 Å². The Morgan fingerprint density at radius 3 is 3.06 bits per heavy atom. The Morgan fingerprint density at radius 1 is 1.50 bits per heavy atom. The molecule has 1 atom stereocenters. The van der Waals surface area contributed by atoms with Gasteiger partial charge in [0.05, 0.1) is 0 Å². The second kappa shape index (κ2) is 5.55. The van der Waals surface area contributed by atoms with E-state index in [-0.39, 0.29) is 0 Å². The van der Waals surface area contributed by atoms with E-state index in [2.05, 4.69) is 23.3 Å². The highest BCUT2D eigenvalue weighted by atomic mass is 35.5. The molecule has 1 heterocycles. The fourth-order valence-corrected chi connectivity index (χ4v) is 2.36. The number of nitrogens with zero attached hydrogens (tertiary/aromatic N) is 1. The molecule has 0 amide bonds. The minimum Gasteiger partial charge on any atom is -0.375 e. The molecule has 2 rings (SSSR count). The zero-order valence-corrected chi connectivity index (χ0v) is 10.5. The first-order valence-corrected chi connectivity index (χ1v) is 6.31. The molecule has 2 nitrogen and oxygen atoms in total. The van der Waals surface area contributed by atoms with Crippen molar-refractivity contribution in [2.45, 2.75) is 12.8 Å². The summed E-state index contributed by atoms with van der Waals surface area (Å²) < 4.78 is 0. The molecule has 88 valence electrons. The molecular formula is C13H19ClN2. The van der Waals surface area contributed by atoms with Crippen LogP contribution in [0.1, 0.15) is 12.8 Å². The smallest absolute Gasteiger partial charge is 0.0426 e. The van der Waals surface area contributed by atoms with Gasteiger partial charge < -0.3 is 10.2 Å². The summed E-state index contributed by atoms with van der Waals surface area (Å²) in [7, 11) is 2.13. The summed E-state index contributed by atoms with van der Waals surface area (Å²) in [6.45, 7) is 3.47. The maximum Gasteiger partial charge on any atom is 0.0426 e. The van der Waals surface area contributed by atoms with Crippen LogP contribution in [0.3, 0.4) is 0 Å². The van der Waals surface area contributed by atoms with E-state index >= 15 is 0 Å². The van der Waals surface area contributed by atoms with Gasteiger partial charge in [0, 0.05) is 24.3 Å². The number of hydrogen-bond acceptors (Lipinski definition) is 2. The summed E-state index contributed by atoms with van der Waals surface area (Å²) >= 11 is 5.98. The fourth-order valence-electron chi connectivity index (χ4n) is 2.18. The van der Waals surface area contributed by atoms with Gasteiger partial charge in [-0.05, 0) is 50.0 Å².